The first kappa shape index (κ1) is 3.32. The Kier molecular flexibility index (Phi) is 1.43. The molecule has 0 saturated heterocycles. The number of carboxylic acid groups (broad SMARTS) is 1. The first-order valence-corrected chi connectivity index (χ1v) is 3.80. The van der Waals surface area contributed by atoms with Crippen LogP contribution >= 0.6 is 0 Å². The van der Waals surface area contributed by atoms with E-state index < -0.39 is 37.4 Å². The standard InChI is InChI=1S/C10H20O2/c1-4-7-8-10(5-2,6-3)9(11)12/h4-8H2,1-3H3,(H,11,12)/i1D3,4D2,7D2,8D2. The molecular weight excluding hydrogens is 152 g/mol. The summed E-state index contributed by atoms with van der Waals surface area (Å²) in [5.74, 6) is -1.62. The number of hydrogen-bond acceptors (Lipinski definition) is 1. The summed E-state index contributed by atoms with van der Waals surface area (Å²) in [7, 11) is 0. The molecule has 0 aromatic carbocycles. The van der Waals surface area contributed by atoms with Crippen LogP contribution in [0.1, 0.15) is 65.0 Å². The van der Waals surface area contributed by atoms with Crippen molar-refractivity contribution in [2.75, 3.05) is 0 Å². The normalized spacial score (nSPS) is 27.3. The van der Waals surface area contributed by atoms with E-state index in [0.29, 0.717) is 0 Å². The van der Waals surface area contributed by atoms with E-state index in [1.54, 1.807) is 0 Å². The lowest BCUT2D eigenvalue weighted by atomic mass is 9.78. The molecule has 0 aromatic rings. The van der Waals surface area contributed by atoms with Crippen LogP contribution in [0, 0.1) is 5.41 Å². The third-order valence-corrected chi connectivity index (χ3v) is 1.98. The van der Waals surface area contributed by atoms with Crippen LogP contribution in [0.3, 0.4) is 0 Å². The van der Waals surface area contributed by atoms with Crippen molar-refractivity contribution in [2.24, 2.45) is 5.41 Å². The molecule has 0 aliphatic heterocycles. The van der Waals surface area contributed by atoms with Gasteiger partial charge in [0.05, 0.1) is 5.41 Å². The Balaban J connectivity index is 6.28. The van der Waals surface area contributed by atoms with Crippen molar-refractivity contribution in [3.05, 3.63) is 0 Å². The average molecular weight is 181 g/mol. The van der Waals surface area contributed by atoms with E-state index in [1.807, 2.05) is 0 Å². The molecule has 12 heavy (non-hydrogen) atoms. The van der Waals surface area contributed by atoms with Crippen molar-refractivity contribution in [1.82, 2.24) is 0 Å². The minimum absolute atomic E-state index is 0.303. The Morgan fingerprint density at radius 2 is 2.17 bits per heavy atom. The van der Waals surface area contributed by atoms with Gasteiger partial charge in [-0.25, -0.2) is 0 Å². The maximum atomic E-state index is 11.5. The van der Waals surface area contributed by atoms with Gasteiger partial charge in [0, 0.05) is 12.3 Å². The summed E-state index contributed by atoms with van der Waals surface area (Å²) >= 11 is 0. The van der Waals surface area contributed by atoms with Gasteiger partial charge in [-0.05, 0) is 19.2 Å². The largest absolute Gasteiger partial charge is 0.481 e. The van der Waals surface area contributed by atoms with Crippen LogP contribution in [0.2, 0.25) is 0 Å². The summed E-state index contributed by atoms with van der Waals surface area (Å²) in [6.45, 7) is -0.748. The SMILES string of the molecule is [2H]C([2H])([2H])C([2H])([2H])C([2H])([2H])C([2H])([2H])C(CC)(CC)C(=O)O. The van der Waals surface area contributed by atoms with E-state index in [-0.39, 0.29) is 12.8 Å². The fourth-order valence-electron chi connectivity index (χ4n) is 0.934. The highest BCUT2D eigenvalue weighted by Gasteiger charge is 2.33. The van der Waals surface area contributed by atoms with Gasteiger partial charge in [-0.3, -0.25) is 4.79 Å². The molecule has 0 amide bonds. The zero-order valence-electron chi connectivity index (χ0n) is 16.3. The molecule has 2 heteroatoms. The van der Waals surface area contributed by atoms with E-state index in [0.717, 1.165) is 0 Å². The number of carbonyl (C=O) groups is 1. The van der Waals surface area contributed by atoms with Crippen molar-refractivity contribution in [2.45, 2.75) is 52.7 Å². The highest BCUT2D eigenvalue weighted by molar-refractivity contribution is 5.74. The van der Waals surface area contributed by atoms with Gasteiger partial charge in [0.2, 0.25) is 0 Å². The number of hydrogen-bond donors (Lipinski definition) is 1. The molecule has 0 rings (SSSR count). The smallest absolute Gasteiger partial charge is 0.309 e. The van der Waals surface area contributed by atoms with Gasteiger partial charge in [-0.2, -0.15) is 0 Å². The van der Waals surface area contributed by atoms with Gasteiger partial charge >= 0.3 is 5.97 Å². The molecule has 0 aromatic heterocycles. The molecule has 1 N–H and O–H groups in total. The lowest BCUT2D eigenvalue weighted by Gasteiger charge is -2.26. The molecule has 0 aliphatic carbocycles. The van der Waals surface area contributed by atoms with Gasteiger partial charge in [-0.1, -0.05) is 33.4 Å². The Hall–Kier alpha value is -0.530. The molecule has 0 saturated carbocycles. The van der Waals surface area contributed by atoms with Gasteiger partial charge in [0.25, 0.3) is 0 Å². The summed E-state index contributed by atoms with van der Waals surface area (Å²) in [5, 5.41) is 9.32. The predicted molar refractivity (Wildman–Crippen MR) is 50.2 cm³/mol. The molecule has 0 fully saturated rings. The highest BCUT2D eigenvalue weighted by Crippen LogP contribution is 2.32. The number of carboxylic acids is 1. The second-order valence-corrected chi connectivity index (χ2v) is 2.47. The lowest BCUT2D eigenvalue weighted by molar-refractivity contribution is -0.150. The summed E-state index contributed by atoms with van der Waals surface area (Å²) in [6.07, 6.45) is -10.9. The van der Waals surface area contributed by atoms with Gasteiger partial charge in [-0.15, -0.1) is 0 Å². The fraction of sp³-hybridized carbons (Fsp3) is 0.900. The number of aliphatic carboxylic acids is 1. The maximum Gasteiger partial charge on any atom is 0.309 e. The van der Waals surface area contributed by atoms with Crippen LogP contribution < -0.4 is 0 Å². The van der Waals surface area contributed by atoms with Crippen LogP contribution in [-0.2, 0) is 4.79 Å². The van der Waals surface area contributed by atoms with E-state index in [9.17, 15) is 9.90 Å². The van der Waals surface area contributed by atoms with Crippen LogP contribution in [0.15, 0.2) is 0 Å². The minimum Gasteiger partial charge on any atom is -0.481 e. The Bertz CT molecular complexity index is 396. The van der Waals surface area contributed by atoms with Gasteiger partial charge < -0.3 is 5.11 Å². The van der Waals surface area contributed by atoms with E-state index in [1.165, 1.54) is 13.8 Å². The quantitative estimate of drug-likeness (QED) is 0.683. The first-order chi connectivity index (χ1) is 9.06. The molecule has 0 radical (unpaired) electrons. The molecular formula is C10H20O2. The van der Waals surface area contributed by atoms with E-state index in [2.05, 4.69) is 0 Å². The van der Waals surface area contributed by atoms with Gasteiger partial charge in [0.1, 0.15) is 0 Å². The van der Waals surface area contributed by atoms with Crippen molar-refractivity contribution in [3.63, 3.8) is 0 Å². The minimum atomic E-state index is -3.55. The van der Waals surface area contributed by atoms with Crippen LogP contribution in [0.5, 0.6) is 0 Å². The second kappa shape index (κ2) is 5.18. The predicted octanol–water partition coefficient (Wildman–Crippen LogP) is 3.07. The van der Waals surface area contributed by atoms with Crippen molar-refractivity contribution in [1.29, 1.82) is 0 Å². The molecule has 0 heterocycles. The van der Waals surface area contributed by atoms with Crippen LogP contribution in [0.25, 0.3) is 0 Å². The first-order valence-electron chi connectivity index (χ1n) is 8.30. The Labute approximate surface area is 87.6 Å². The summed E-state index contributed by atoms with van der Waals surface area (Å²) in [5.41, 5.74) is -2.23. The molecule has 72 valence electrons. The average Bonchev–Trinajstić information content (AvgIpc) is 2.28. The zero-order chi connectivity index (χ0) is 17.5. The Morgan fingerprint density at radius 1 is 1.58 bits per heavy atom. The second-order valence-electron chi connectivity index (χ2n) is 2.47. The monoisotopic (exact) mass is 181 g/mol. The Morgan fingerprint density at radius 3 is 2.50 bits per heavy atom. The van der Waals surface area contributed by atoms with Crippen LogP contribution in [0.4, 0.5) is 0 Å². The third-order valence-electron chi connectivity index (χ3n) is 1.98. The van der Waals surface area contributed by atoms with Crippen molar-refractivity contribution in [3.8, 4) is 0 Å². The summed E-state index contributed by atoms with van der Waals surface area (Å²) in [6, 6.07) is 0. The summed E-state index contributed by atoms with van der Waals surface area (Å²) < 4.78 is 67.6. The molecule has 0 aliphatic rings. The molecule has 0 spiro atoms. The fourth-order valence-corrected chi connectivity index (χ4v) is 0.934. The van der Waals surface area contributed by atoms with Crippen molar-refractivity contribution < 1.29 is 22.2 Å². The molecule has 0 bridgehead atoms. The maximum absolute atomic E-state index is 11.5. The van der Waals surface area contributed by atoms with Gasteiger partial charge in [0.15, 0.2) is 0 Å². The summed E-state index contributed by atoms with van der Waals surface area (Å²) in [4.78, 5) is 11.5. The number of rotatable bonds is 6. The molecule has 2 nitrogen and oxygen atoms in total. The topological polar surface area (TPSA) is 37.3 Å². The highest BCUT2D eigenvalue weighted by atomic mass is 16.4. The van der Waals surface area contributed by atoms with E-state index in [4.69, 9.17) is 12.3 Å². The molecule has 0 unspecified atom stereocenters. The lowest BCUT2D eigenvalue weighted by Crippen LogP contribution is -2.29. The molecule has 0 atom stereocenters. The third kappa shape index (κ3) is 2.50. The zero-order valence-corrected chi connectivity index (χ0v) is 7.27. The van der Waals surface area contributed by atoms with Crippen LogP contribution in [-0.4, -0.2) is 11.1 Å². The van der Waals surface area contributed by atoms with E-state index >= 15 is 0 Å². The van der Waals surface area contributed by atoms with Crippen molar-refractivity contribution >= 4 is 5.97 Å².